The molecule has 0 aliphatic rings. The van der Waals surface area contributed by atoms with Crippen molar-refractivity contribution < 1.29 is 0 Å². The molecule has 0 atom stereocenters. The van der Waals surface area contributed by atoms with E-state index in [1.165, 1.54) is 16.9 Å². The molecule has 1 heteroatoms. The molecular formula is C10H11N. The van der Waals surface area contributed by atoms with Crippen LogP contribution in [0.1, 0.15) is 11.4 Å². The van der Waals surface area contributed by atoms with Crippen molar-refractivity contribution in [2.75, 3.05) is 0 Å². The molecule has 0 fully saturated rings. The molecule has 0 saturated carbocycles. The van der Waals surface area contributed by atoms with Gasteiger partial charge < -0.3 is 4.40 Å². The lowest BCUT2D eigenvalue weighted by atomic mass is 10.3. The SMILES string of the molecule is Cc1cccc2ccc(C)n12. The van der Waals surface area contributed by atoms with Crippen LogP contribution in [0.2, 0.25) is 0 Å². The van der Waals surface area contributed by atoms with Crippen molar-refractivity contribution >= 4 is 5.52 Å². The quantitative estimate of drug-likeness (QED) is 0.536. The Kier molecular flexibility index (Phi) is 1.25. The molecule has 0 unspecified atom stereocenters. The average molecular weight is 145 g/mol. The molecule has 0 saturated heterocycles. The van der Waals surface area contributed by atoms with Gasteiger partial charge in [-0.1, -0.05) is 6.07 Å². The van der Waals surface area contributed by atoms with Crippen LogP contribution < -0.4 is 0 Å². The van der Waals surface area contributed by atoms with Gasteiger partial charge in [0.25, 0.3) is 0 Å². The van der Waals surface area contributed by atoms with Crippen LogP contribution >= 0.6 is 0 Å². The predicted molar refractivity (Wildman–Crippen MR) is 46.9 cm³/mol. The van der Waals surface area contributed by atoms with Crippen LogP contribution in [-0.2, 0) is 0 Å². The fraction of sp³-hybridized carbons (Fsp3) is 0.200. The number of fused-ring (bicyclic) bond motifs is 1. The molecule has 0 spiro atoms. The zero-order chi connectivity index (χ0) is 7.84. The van der Waals surface area contributed by atoms with E-state index in [-0.39, 0.29) is 0 Å². The van der Waals surface area contributed by atoms with E-state index in [0.717, 1.165) is 0 Å². The van der Waals surface area contributed by atoms with Crippen LogP contribution in [0.3, 0.4) is 0 Å². The third-order valence-electron chi connectivity index (χ3n) is 2.06. The third kappa shape index (κ3) is 0.845. The van der Waals surface area contributed by atoms with Gasteiger partial charge in [0.1, 0.15) is 0 Å². The van der Waals surface area contributed by atoms with E-state index in [1.807, 2.05) is 0 Å². The van der Waals surface area contributed by atoms with Crippen LogP contribution in [0.25, 0.3) is 5.52 Å². The fourth-order valence-corrected chi connectivity index (χ4v) is 1.53. The van der Waals surface area contributed by atoms with Gasteiger partial charge in [0.15, 0.2) is 0 Å². The Morgan fingerprint density at radius 2 is 1.64 bits per heavy atom. The molecule has 1 nitrogen and oxygen atoms in total. The predicted octanol–water partition coefficient (Wildman–Crippen LogP) is 2.56. The van der Waals surface area contributed by atoms with E-state index in [9.17, 15) is 0 Å². The van der Waals surface area contributed by atoms with Gasteiger partial charge in [-0.3, -0.25) is 0 Å². The number of hydrogen-bond acceptors (Lipinski definition) is 0. The largest absolute Gasteiger partial charge is 0.319 e. The number of aromatic nitrogens is 1. The maximum absolute atomic E-state index is 2.25. The summed E-state index contributed by atoms with van der Waals surface area (Å²) >= 11 is 0. The Bertz CT molecular complexity index is 385. The highest BCUT2D eigenvalue weighted by Gasteiger charge is 1.96. The third-order valence-corrected chi connectivity index (χ3v) is 2.06. The molecule has 2 heterocycles. The lowest BCUT2D eigenvalue weighted by Crippen LogP contribution is -1.90. The normalized spacial score (nSPS) is 10.7. The topological polar surface area (TPSA) is 4.41 Å². The highest BCUT2D eigenvalue weighted by Crippen LogP contribution is 2.11. The monoisotopic (exact) mass is 145 g/mol. The second-order valence-electron chi connectivity index (χ2n) is 2.90. The van der Waals surface area contributed by atoms with Gasteiger partial charge in [0, 0.05) is 16.9 Å². The van der Waals surface area contributed by atoms with Gasteiger partial charge in [-0.25, -0.2) is 0 Å². The van der Waals surface area contributed by atoms with Gasteiger partial charge in [-0.05, 0) is 38.1 Å². The Balaban J connectivity index is 2.96. The van der Waals surface area contributed by atoms with Gasteiger partial charge in [-0.2, -0.15) is 0 Å². The van der Waals surface area contributed by atoms with E-state index in [0.29, 0.717) is 0 Å². The van der Waals surface area contributed by atoms with Crippen molar-refractivity contribution in [3.63, 3.8) is 0 Å². The van der Waals surface area contributed by atoms with Gasteiger partial charge in [-0.15, -0.1) is 0 Å². The molecule has 0 bridgehead atoms. The number of nitrogens with zero attached hydrogens (tertiary/aromatic N) is 1. The molecule has 0 aliphatic heterocycles. The maximum Gasteiger partial charge on any atom is 0.0455 e. The Hall–Kier alpha value is -1.24. The first-order valence-corrected chi connectivity index (χ1v) is 3.83. The van der Waals surface area contributed by atoms with E-state index in [1.54, 1.807) is 0 Å². The summed E-state index contributed by atoms with van der Waals surface area (Å²) in [7, 11) is 0. The molecule has 2 aromatic rings. The van der Waals surface area contributed by atoms with Gasteiger partial charge in [0.05, 0.1) is 0 Å². The summed E-state index contributed by atoms with van der Waals surface area (Å²) in [5.41, 5.74) is 3.88. The first kappa shape index (κ1) is 6.47. The first-order valence-electron chi connectivity index (χ1n) is 3.83. The molecule has 2 rings (SSSR count). The molecule has 0 N–H and O–H groups in total. The minimum Gasteiger partial charge on any atom is -0.319 e. The van der Waals surface area contributed by atoms with Crippen LogP contribution in [0.15, 0.2) is 30.3 Å². The van der Waals surface area contributed by atoms with Crippen LogP contribution in [-0.4, -0.2) is 4.40 Å². The standard InChI is InChI=1S/C10H11N/c1-8-4-3-5-10-7-6-9(2)11(8)10/h3-7H,1-2H3. The van der Waals surface area contributed by atoms with E-state index < -0.39 is 0 Å². The van der Waals surface area contributed by atoms with Crippen molar-refractivity contribution in [1.82, 2.24) is 4.40 Å². The van der Waals surface area contributed by atoms with Crippen molar-refractivity contribution in [2.45, 2.75) is 13.8 Å². The van der Waals surface area contributed by atoms with E-state index >= 15 is 0 Å². The smallest absolute Gasteiger partial charge is 0.0455 e. The Morgan fingerprint density at radius 1 is 0.909 bits per heavy atom. The molecule has 0 radical (unpaired) electrons. The number of aryl methyl sites for hydroxylation is 2. The molecule has 56 valence electrons. The fourth-order valence-electron chi connectivity index (χ4n) is 1.53. The molecular weight excluding hydrogens is 134 g/mol. The summed E-state index contributed by atoms with van der Waals surface area (Å²) in [4.78, 5) is 0. The summed E-state index contributed by atoms with van der Waals surface area (Å²) in [6.45, 7) is 4.25. The minimum absolute atomic E-state index is 1.28. The van der Waals surface area contributed by atoms with E-state index in [2.05, 4.69) is 48.6 Å². The lowest BCUT2D eigenvalue weighted by molar-refractivity contribution is 1.04. The number of pyridine rings is 1. The van der Waals surface area contributed by atoms with Crippen LogP contribution in [0, 0.1) is 13.8 Å². The first-order chi connectivity index (χ1) is 5.29. The zero-order valence-electron chi connectivity index (χ0n) is 6.83. The molecule has 0 aromatic carbocycles. The highest BCUT2D eigenvalue weighted by molar-refractivity contribution is 5.50. The Labute approximate surface area is 66.3 Å². The lowest BCUT2D eigenvalue weighted by Gasteiger charge is -2.01. The highest BCUT2D eigenvalue weighted by atomic mass is 14.9. The second kappa shape index (κ2) is 2.12. The summed E-state index contributed by atoms with van der Waals surface area (Å²) < 4.78 is 2.25. The Morgan fingerprint density at radius 3 is 2.36 bits per heavy atom. The minimum atomic E-state index is 1.28. The molecule has 11 heavy (non-hydrogen) atoms. The van der Waals surface area contributed by atoms with E-state index in [4.69, 9.17) is 0 Å². The molecule has 0 amide bonds. The van der Waals surface area contributed by atoms with Gasteiger partial charge >= 0.3 is 0 Å². The number of rotatable bonds is 0. The van der Waals surface area contributed by atoms with Crippen molar-refractivity contribution in [1.29, 1.82) is 0 Å². The number of hydrogen-bond donors (Lipinski definition) is 0. The zero-order valence-corrected chi connectivity index (χ0v) is 6.83. The van der Waals surface area contributed by atoms with Crippen molar-refractivity contribution in [3.05, 3.63) is 41.7 Å². The van der Waals surface area contributed by atoms with Crippen molar-refractivity contribution in [3.8, 4) is 0 Å². The average Bonchev–Trinajstić information content (AvgIpc) is 2.34. The van der Waals surface area contributed by atoms with Gasteiger partial charge in [0.2, 0.25) is 0 Å². The molecule has 0 aliphatic carbocycles. The summed E-state index contributed by atoms with van der Waals surface area (Å²) in [6.07, 6.45) is 0. The second-order valence-corrected chi connectivity index (χ2v) is 2.90. The molecule has 2 aromatic heterocycles. The summed E-state index contributed by atoms with van der Waals surface area (Å²) in [5, 5.41) is 0. The van der Waals surface area contributed by atoms with Crippen molar-refractivity contribution in [2.24, 2.45) is 0 Å². The van der Waals surface area contributed by atoms with Crippen LogP contribution in [0.4, 0.5) is 0 Å². The summed E-state index contributed by atoms with van der Waals surface area (Å²) in [5.74, 6) is 0. The van der Waals surface area contributed by atoms with Crippen LogP contribution in [0.5, 0.6) is 0 Å². The summed E-state index contributed by atoms with van der Waals surface area (Å²) in [6, 6.07) is 10.6. The maximum atomic E-state index is 2.25.